The van der Waals surface area contributed by atoms with Gasteiger partial charge in [0, 0.05) is 29.5 Å². The molecule has 0 spiro atoms. The number of piperidine rings is 1. The second-order valence-electron chi connectivity index (χ2n) is 9.45. The van der Waals surface area contributed by atoms with E-state index < -0.39 is 0 Å². The lowest BCUT2D eigenvalue weighted by atomic mass is 9.63. The summed E-state index contributed by atoms with van der Waals surface area (Å²) in [6.45, 7) is 21.7. The summed E-state index contributed by atoms with van der Waals surface area (Å²) in [4.78, 5) is 12.0. The highest BCUT2D eigenvalue weighted by Gasteiger charge is 2.52. The van der Waals surface area contributed by atoms with Crippen LogP contribution in [0.2, 0.25) is 0 Å². The maximum atomic E-state index is 12.0. The number of rotatable bonds is 7. The Bertz CT molecular complexity index is 443. The molecule has 0 saturated carbocycles. The van der Waals surface area contributed by atoms with Crippen molar-refractivity contribution in [1.29, 1.82) is 0 Å². The summed E-state index contributed by atoms with van der Waals surface area (Å²) in [5.74, 6) is 1.61. The van der Waals surface area contributed by atoms with Crippen molar-refractivity contribution in [2.24, 2.45) is 23.7 Å². The monoisotopic (exact) mass is 337 g/mol. The van der Waals surface area contributed by atoms with Gasteiger partial charge in [-0.3, -0.25) is 0 Å². The molecule has 0 aromatic rings. The molecule has 3 heteroatoms. The molecule has 24 heavy (non-hydrogen) atoms. The third-order valence-electron chi connectivity index (χ3n) is 5.22. The molecular weight excluding hydrogens is 298 g/mol. The van der Waals surface area contributed by atoms with Crippen molar-refractivity contribution in [2.75, 3.05) is 0 Å². The SMILES string of the molecule is C=CC(=O)OC1CC(C)(CC(C)C)NC(C)(CC(C)C)C1C(C)C. The predicted octanol–water partition coefficient (Wildman–Crippen LogP) is 4.96. The van der Waals surface area contributed by atoms with Gasteiger partial charge in [-0.15, -0.1) is 0 Å². The van der Waals surface area contributed by atoms with E-state index in [1.54, 1.807) is 0 Å². The molecule has 1 N–H and O–H groups in total. The zero-order valence-electron chi connectivity index (χ0n) is 17.1. The standard InChI is InChI=1S/C21H39NO2/c1-10-18(23)24-17-13-20(8,11-14(2)3)22-21(9,12-15(4)5)19(17)16(6)7/h10,14-17,19,22H,1,11-13H2,2-9H3. The molecule has 3 nitrogen and oxygen atoms in total. The lowest BCUT2D eigenvalue weighted by molar-refractivity contribution is -0.157. The van der Waals surface area contributed by atoms with Gasteiger partial charge in [0.15, 0.2) is 0 Å². The molecular formula is C21H39NO2. The normalized spacial score (nSPS) is 34.0. The van der Waals surface area contributed by atoms with Gasteiger partial charge in [0.05, 0.1) is 0 Å². The van der Waals surface area contributed by atoms with Gasteiger partial charge >= 0.3 is 5.97 Å². The number of hydrogen-bond acceptors (Lipinski definition) is 3. The third-order valence-corrected chi connectivity index (χ3v) is 5.22. The van der Waals surface area contributed by atoms with E-state index in [0.29, 0.717) is 23.7 Å². The summed E-state index contributed by atoms with van der Waals surface area (Å²) in [5, 5.41) is 4.00. The first kappa shape index (κ1) is 21.2. The van der Waals surface area contributed by atoms with E-state index >= 15 is 0 Å². The maximum absolute atomic E-state index is 12.0. The van der Waals surface area contributed by atoms with Crippen LogP contribution < -0.4 is 5.32 Å². The van der Waals surface area contributed by atoms with Crippen LogP contribution in [0.25, 0.3) is 0 Å². The van der Waals surface area contributed by atoms with E-state index in [1.807, 2.05) is 0 Å². The number of esters is 1. The first-order chi connectivity index (χ1) is 10.9. The van der Waals surface area contributed by atoms with Gasteiger partial charge < -0.3 is 10.1 Å². The molecule has 140 valence electrons. The summed E-state index contributed by atoms with van der Waals surface area (Å²) < 4.78 is 5.87. The van der Waals surface area contributed by atoms with Crippen molar-refractivity contribution >= 4 is 5.97 Å². The zero-order valence-corrected chi connectivity index (χ0v) is 17.1. The van der Waals surface area contributed by atoms with Crippen LogP contribution in [0.4, 0.5) is 0 Å². The fourth-order valence-corrected chi connectivity index (χ4v) is 5.35. The quantitative estimate of drug-likeness (QED) is 0.527. The smallest absolute Gasteiger partial charge is 0.330 e. The van der Waals surface area contributed by atoms with E-state index in [0.717, 1.165) is 19.3 Å². The number of carbonyl (C=O) groups excluding carboxylic acids is 1. The molecule has 1 rings (SSSR count). The minimum atomic E-state index is -0.300. The van der Waals surface area contributed by atoms with Crippen molar-refractivity contribution in [1.82, 2.24) is 5.32 Å². The topological polar surface area (TPSA) is 38.3 Å². The number of carbonyl (C=O) groups is 1. The Morgan fingerprint density at radius 3 is 2.12 bits per heavy atom. The lowest BCUT2D eigenvalue weighted by Gasteiger charge is -2.56. The highest BCUT2D eigenvalue weighted by molar-refractivity contribution is 5.81. The van der Waals surface area contributed by atoms with Crippen LogP contribution in [-0.4, -0.2) is 23.2 Å². The Morgan fingerprint density at radius 2 is 1.71 bits per heavy atom. The van der Waals surface area contributed by atoms with Crippen LogP contribution in [0.5, 0.6) is 0 Å². The second kappa shape index (κ2) is 8.03. The first-order valence-corrected chi connectivity index (χ1v) is 9.55. The Kier molecular flexibility index (Phi) is 7.10. The summed E-state index contributed by atoms with van der Waals surface area (Å²) in [6, 6.07) is 0. The average molecular weight is 338 g/mol. The predicted molar refractivity (Wildman–Crippen MR) is 102 cm³/mol. The first-order valence-electron chi connectivity index (χ1n) is 9.55. The fourth-order valence-electron chi connectivity index (χ4n) is 5.35. The third kappa shape index (κ3) is 5.34. The number of ether oxygens (including phenoxy) is 1. The van der Waals surface area contributed by atoms with Gasteiger partial charge in [0.25, 0.3) is 0 Å². The summed E-state index contributed by atoms with van der Waals surface area (Å²) in [5.41, 5.74) is -0.0638. The average Bonchev–Trinajstić information content (AvgIpc) is 2.33. The van der Waals surface area contributed by atoms with Crippen molar-refractivity contribution in [3.63, 3.8) is 0 Å². The lowest BCUT2D eigenvalue weighted by Crippen LogP contribution is -2.69. The van der Waals surface area contributed by atoms with E-state index in [9.17, 15) is 4.79 Å². The molecule has 1 aliphatic rings. The van der Waals surface area contributed by atoms with Crippen LogP contribution in [0.3, 0.4) is 0 Å². The number of hydrogen-bond donors (Lipinski definition) is 1. The molecule has 1 heterocycles. The van der Waals surface area contributed by atoms with E-state index in [1.165, 1.54) is 6.08 Å². The second-order valence-corrected chi connectivity index (χ2v) is 9.45. The van der Waals surface area contributed by atoms with Crippen molar-refractivity contribution in [2.45, 2.75) is 91.8 Å². The molecule has 1 fully saturated rings. The molecule has 4 atom stereocenters. The van der Waals surface area contributed by atoms with Crippen LogP contribution in [0.15, 0.2) is 12.7 Å². The van der Waals surface area contributed by atoms with E-state index in [2.05, 4.69) is 67.3 Å². The van der Waals surface area contributed by atoms with Crippen molar-refractivity contribution < 1.29 is 9.53 Å². The molecule has 1 aliphatic heterocycles. The molecule has 0 amide bonds. The van der Waals surface area contributed by atoms with Gasteiger partial charge in [0.1, 0.15) is 6.10 Å². The Hall–Kier alpha value is -0.830. The van der Waals surface area contributed by atoms with Crippen molar-refractivity contribution in [3.8, 4) is 0 Å². The molecule has 0 aliphatic carbocycles. The Labute approximate surface area is 149 Å². The summed E-state index contributed by atoms with van der Waals surface area (Å²) in [7, 11) is 0. The van der Waals surface area contributed by atoms with Gasteiger partial charge in [-0.1, -0.05) is 48.1 Å². The van der Waals surface area contributed by atoms with Crippen LogP contribution in [0.1, 0.15) is 74.7 Å². The van der Waals surface area contributed by atoms with Crippen LogP contribution in [0, 0.1) is 23.7 Å². The van der Waals surface area contributed by atoms with Crippen molar-refractivity contribution in [3.05, 3.63) is 12.7 Å². The fraction of sp³-hybridized carbons (Fsp3) is 0.857. The molecule has 0 radical (unpaired) electrons. The number of nitrogens with one attached hydrogen (secondary N) is 1. The molecule has 0 bridgehead atoms. The summed E-state index contributed by atoms with van der Waals surface area (Å²) in [6.07, 6.45) is 4.24. The highest BCUT2D eigenvalue weighted by Crippen LogP contribution is 2.44. The van der Waals surface area contributed by atoms with Gasteiger partial charge in [-0.25, -0.2) is 4.79 Å². The highest BCUT2D eigenvalue weighted by atomic mass is 16.5. The minimum absolute atomic E-state index is 0.0185. The summed E-state index contributed by atoms with van der Waals surface area (Å²) >= 11 is 0. The molecule has 4 unspecified atom stereocenters. The Morgan fingerprint density at radius 1 is 1.17 bits per heavy atom. The molecule has 1 saturated heterocycles. The Balaban J connectivity index is 3.25. The van der Waals surface area contributed by atoms with Gasteiger partial charge in [0.2, 0.25) is 0 Å². The van der Waals surface area contributed by atoms with E-state index in [4.69, 9.17) is 4.74 Å². The zero-order chi connectivity index (χ0) is 18.7. The van der Waals surface area contributed by atoms with Gasteiger partial charge in [-0.2, -0.15) is 0 Å². The maximum Gasteiger partial charge on any atom is 0.330 e. The molecule has 0 aromatic heterocycles. The van der Waals surface area contributed by atoms with Crippen LogP contribution >= 0.6 is 0 Å². The van der Waals surface area contributed by atoms with E-state index in [-0.39, 0.29) is 23.2 Å². The largest absolute Gasteiger partial charge is 0.459 e. The van der Waals surface area contributed by atoms with Gasteiger partial charge in [-0.05, 0) is 44.4 Å². The molecule has 0 aromatic carbocycles. The van der Waals surface area contributed by atoms with Crippen LogP contribution in [-0.2, 0) is 9.53 Å². The minimum Gasteiger partial charge on any atom is -0.459 e.